The second kappa shape index (κ2) is 7.54. The maximum Gasteiger partial charge on any atom is 0.0991 e. The molecule has 0 spiro atoms. The number of anilines is 1. The van der Waals surface area contributed by atoms with E-state index in [-0.39, 0.29) is 6.04 Å². The Labute approximate surface area is 174 Å². The molecule has 0 radical (unpaired) electrons. The monoisotopic (exact) mass is 392 g/mol. The summed E-state index contributed by atoms with van der Waals surface area (Å²) in [6.07, 6.45) is 4.51. The first-order chi connectivity index (χ1) is 14.7. The summed E-state index contributed by atoms with van der Waals surface area (Å²) in [4.78, 5) is 16.4. The average Bonchev–Trinajstić information content (AvgIpc) is 3.25. The SMILES string of the molecule is N#Cc1ccc(-c2nc3cc(N4CC[C@H](N)C4)ccc3nc2-c2ccncc2)cc1. The fraction of sp³-hybridized carbons (Fsp3) is 0.167. The lowest BCUT2D eigenvalue weighted by Crippen LogP contribution is -2.26. The van der Waals surface area contributed by atoms with Crippen molar-refractivity contribution >= 4 is 16.7 Å². The van der Waals surface area contributed by atoms with Gasteiger partial charge in [0.2, 0.25) is 0 Å². The molecule has 2 aromatic heterocycles. The quantitative estimate of drug-likeness (QED) is 0.571. The van der Waals surface area contributed by atoms with Gasteiger partial charge in [-0.1, -0.05) is 12.1 Å². The maximum absolute atomic E-state index is 9.13. The number of rotatable bonds is 3. The zero-order valence-electron chi connectivity index (χ0n) is 16.4. The molecule has 1 aliphatic rings. The summed E-state index contributed by atoms with van der Waals surface area (Å²) in [5, 5.41) is 9.13. The molecule has 5 rings (SSSR count). The zero-order valence-corrected chi connectivity index (χ0v) is 16.4. The van der Waals surface area contributed by atoms with E-state index >= 15 is 0 Å². The Kier molecular flexibility index (Phi) is 4.58. The van der Waals surface area contributed by atoms with Crippen molar-refractivity contribution in [3.05, 3.63) is 72.6 Å². The van der Waals surface area contributed by atoms with E-state index in [0.29, 0.717) is 5.56 Å². The molecule has 0 saturated carbocycles. The van der Waals surface area contributed by atoms with Crippen molar-refractivity contribution in [1.29, 1.82) is 5.26 Å². The van der Waals surface area contributed by atoms with Crippen LogP contribution in [0.3, 0.4) is 0 Å². The van der Waals surface area contributed by atoms with E-state index < -0.39 is 0 Å². The number of fused-ring (bicyclic) bond motifs is 1. The van der Waals surface area contributed by atoms with Crippen LogP contribution in [0.2, 0.25) is 0 Å². The number of benzene rings is 2. The third kappa shape index (κ3) is 3.36. The highest BCUT2D eigenvalue weighted by Crippen LogP contribution is 2.32. The van der Waals surface area contributed by atoms with Gasteiger partial charge < -0.3 is 10.6 Å². The van der Waals surface area contributed by atoms with Crippen molar-refractivity contribution in [3.63, 3.8) is 0 Å². The van der Waals surface area contributed by atoms with Crippen LogP contribution in [-0.4, -0.2) is 34.1 Å². The van der Waals surface area contributed by atoms with Crippen LogP contribution in [0.15, 0.2) is 67.0 Å². The lowest BCUT2D eigenvalue weighted by Gasteiger charge is -2.19. The van der Waals surface area contributed by atoms with E-state index in [0.717, 1.165) is 58.7 Å². The molecule has 0 unspecified atom stereocenters. The van der Waals surface area contributed by atoms with Crippen LogP contribution in [0.1, 0.15) is 12.0 Å². The van der Waals surface area contributed by atoms with Crippen LogP contribution < -0.4 is 10.6 Å². The number of hydrogen-bond acceptors (Lipinski definition) is 6. The third-order valence-electron chi connectivity index (χ3n) is 5.48. The van der Waals surface area contributed by atoms with Crippen molar-refractivity contribution in [2.45, 2.75) is 12.5 Å². The summed E-state index contributed by atoms with van der Waals surface area (Å²) in [5.74, 6) is 0. The number of nitrogens with two attached hydrogens (primary N) is 1. The Morgan fingerprint density at radius 1 is 0.900 bits per heavy atom. The number of nitrogens with zero attached hydrogens (tertiary/aromatic N) is 5. The van der Waals surface area contributed by atoms with Gasteiger partial charge in [-0.05, 0) is 48.9 Å². The van der Waals surface area contributed by atoms with Gasteiger partial charge in [0.25, 0.3) is 0 Å². The van der Waals surface area contributed by atoms with E-state index in [4.69, 9.17) is 21.0 Å². The standard InChI is InChI=1S/C24H20N6/c25-14-16-1-3-17(4-2-16)23-24(18-7-10-27-11-8-18)28-21-6-5-20(13-22(21)29-23)30-12-9-19(26)15-30/h1-8,10-11,13,19H,9,12,15,26H2/t19-/m0/s1. The first-order valence-electron chi connectivity index (χ1n) is 9.94. The first-order valence-corrected chi connectivity index (χ1v) is 9.94. The normalized spacial score (nSPS) is 16.0. The molecule has 3 heterocycles. The van der Waals surface area contributed by atoms with Gasteiger partial charge in [-0.2, -0.15) is 5.26 Å². The van der Waals surface area contributed by atoms with E-state index in [9.17, 15) is 0 Å². The first kappa shape index (κ1) is 18.2. The van der Waals surface area contributed by atoms with Crippen LogP contribution >= 0.6 is 0 Å². The zero-order chi connectivity index (χ0) is 20.5. The Balaban J connectivity index is 1.68. The lowest BCUT2D eigenvalue weighted by atomic mass is 10.0. The van der Waals surface area contributed by atoms with Gasteiger partial charge in [-0.15, -0.1) is 0 Å². The predicted molar refractivity (Wildman–Crippen MR) is 118 cm³/mol. The third-order valence-corrected chi connectivity index (χ3v) is 5.48. The second-order valence-electron chi connectivity index (χ2n) is 7.51. The topological polar surface area (TPSA) is 91.7 Å². The van der Waals surface area contributed by atoms with Crippen molar-refractivity contribution in [3.8, 4) is 28.6 Å². The molecule has 1 aliphatic heterocycles. The molecule has 1 atom stereocenters. The maximum atomic E-state index is 9.13. The van der Waals surface area contributed by atoms with Crippen LogP contribution in [0, 0.1) is 11.3 Å². The second-order valence-corrected chi connectivity index (χ2v) is 7.51. The van der Waals surface area contributed by atoms with Gasteiger partial charge >= 0.3 is 0 Å². The van der Waals surface area contributed by atoms with E-state index in [1.54, 1.807) is 24.5 Å². The van der Waals surface area contributed by atoms with Crippen molar-refractivity contribution in [2.24, 2.45) is 5.73 Å². The Hall–Kier alpha value is -3.82. The van der Waals surface area contributed by atoms with Crippen molar-refractivity contribution < 1.29 is 0 Å². The Morgan fingerprint density at radius 2 is 1.60 bits per heavy atom. The molecule has 4 aromatic rings. The molecule has 1 fully saturated rings. The van der Waals surface area contributed by atoms with Crippen molar-refractivity contribution in [2.75, 3.05) is 18.0 Å². The highest BCUT2D eigenvalue weighted by atomic mass is 15.2. The average molecular weight is 392 g/mol. The van der Waals surface area contributed by atoms with Gasteiger partial charge in [0.1, 0.15) is 0 Å². The number of hydrogen-bond donors (Lipinski definition) is 1. The molecular weight excluding hydrogens is 372 g/mol. The molecule has 1 saturated heterocycles. The molecule has 0 bridgehead atoms. The fourth-order valence-electron chi connectivity index (χ4n) is 3.88. The van der Waals surface area contributed by atoms with Crippen molar-refractivity contribution in [1.82, 2.24) is 15.0 Å². The molecule has 30 heavy (non-hydrogen) atoms. The molecule has 2 N–H and O–H groups in total. The predicted octanol–water partition coefficient (Wildman–Crippen LogP) is 3.77. The molecule has 0 amide bonds. The Morgan fingerprint density at radius 3 is 2.27 bits per heavy atom. The van der Waals surface area contributed by atoms with Gasteiger partial charge in [0.05, 0.1) is 34.1 Å². The minimum Gasteiger partial charge on any atom is -0.370 e. The largest absolute Gasteiger partial charge is 0.370 e. The minimum atomic E-state index is 0.218. The van der Waals surface area contributed by atoms with Crippen LogP contribution in [0.25, 0.3) is 33.5 Å². The lowest BCUT2D eigenvalue weighted by molar-refractivity contribution is 0.752. The fourth-order valence-corrected chi connectivity index (χ4v) is 3.88. The van der Waals surface area contributed by atoms with Gasteiger partial charge in [-0.3, -0.25) is 4.98 Å². The van der Waals surface area contributed by atoms with Gasteiger partial charge in [0, 0.05) is 48.3 Å². The summed E-state index contributed by atoms with van der Waals surface area (Å²) in [6, 6.07) is 19.9. The highest BCUT2D eigenvalue weighted by molar-refractivity contribution is 5.87. The molecule has 2 aromatic carbocycles. The van der Waals surface area contributed by atoms with Gasteiger partial charge in [-0.25, -0.2) is 9.97 Å². The van der Waals surface area contributed by atoms with E-state index in [1.165, 1.54) is 0 Å². The van der Waals surface area contributed by atoms with Crippen LogP contribution in [-0.2, 0) is 0 Å². The molecule has 146 valence electrons. The summed E-state index contributed by atoms with van der Waals surface area (Å²) >= 11 is 0. The summed E-state index contributed by atoms with van der Waals surface area (Å²) in [7, 11) is 0. The van der Waals surface area contributed by atoms with Crippen LogP contribution in [0.5, 0.6) is 0 Å². The van der Waals surface area contributed by atoms with Crippen LogP contribution in [0.4, 0.5) is 5.69 Å². The summed E-state index contributed by atoms with van der Waals surface area (Å²) in [5.41, 5.74) is 13.0. The number of nitriles is 1. The molecular formula is C24H20N6. The molecule has 6 nitrogen and oxygen atoms in total. The number of pyridine rings is 1. The summed E-state index contributed by atoms with van der Waals surface area (Å²) < 4.78 is 0. The smallest absolute Gasteiger partial charge is 0.0991 e. The van der Waals surface area contributed by atoms with E-state index in [2.05, 4.69) is 28.1 Å². The Bertz CT molecular complexity index is 1240. The number of aromatic nitrogens is 3. The molecule has 6 heteroatoms. The minimum absolute atomic E-state index is 0.218. The van der Waals surface area contributed by atoms with E-state index in [1.807, 2.05) is 30.3 Å². The summed E-state index contributed by atoms with van der Waals surface area (Å²) in [6.45, 7) is 1.81. The van der Waals surface area contributed by atoms with Gasteiger partial charge in [0.15, 0.2) is 0 Å². The molecule has 0 aliphatic carbocycles. The highest BCUT2D eigenvalue weighted by Gasteiger charge is 2.20.